The fraction of sp³-hybridized carbons (Fsp3) is 0.324. The molecule has 5 N–H and O–H groups in total. The SMILES string of the molecule is O=C1[C@H](CCCc2ccc(F)cc2)[C@@H](c2ccc(-c3ccc(C[C@@H]4O[C@H](CO)[C@@H](O)[C@H](O)[C@H]4O)cc3)cc2O)N1c1ccccc1. The number of para-hydroxylation sites is 1. The van der Waals surface area contributed by atoms with E-state index in [1.165, 1.54) is 12.1 Å². The van der Waals surface area contributed by atoms with Gasteiger partial charge in [-0.1, -0.05) is 66.7 Å². The van der Waals surface area contributed by atoms with Crippen molar-refractivity contribution in [1.29, 1.82) is 0 Å². The van der Waals surface area contributed by atoms with Crippen molar-refractivity contribution in [2.45, 2.75) is 62.2 Å². The Kier molecular flexibility index (Phi) is 9.49. The Morgan fingerprint density at radius 3 is 2.09 bits per heavy atom. The molecule has 2 heterocycles. The van der Waals surface area contributed by atoms with Gasteiger partial charge in [-0.2, -0.15) is 0 Å². The number of amides is 1. The van der Waals surface area contributed by atoms with Crippen LogP contribution in [0.3, 0.4) is 0 Å². The van der Waals surface area contributed by atoms with E-state index in [9.17, 15) is 34.7 Å². The highest BCUT2D eigenvalue weighted by Gasteiger charge is 2.49. The predicted molar refractivity (Wildman–Crippen MR) is 171 cm³/mol. The fourth-order valence-electron chi connectivity index (χ4n) is 6.63. The molecule has 0 spiro atoms. The first-order chi connectivity index (χ1) is 22.2. The Balaban J connectivity index is 1.18. The molecule has 0 bridgehead atoms. The zero-order valence-electron chi connectivity index (χ0n) is 25.2. The van der Waals surface area contributed by atoms with Crippen molar-refractivity contribution in [3.05, 3.63) is 120 Å². The quantitative estimate of drug-likeness (QED) is 0.166. The summed E-state index contributed by atoms with van der Waals surface area (Å²) in [5.41, 5.74) is 4.90. The molecule has 240 valence electrons. The average molecular weight is 628 g/mol. The molecule has 7 atom stereocenters. The van der Waals surface area contributed by atoms with Crippen LogP contribution in [0.5, 0.6) is 5.75 Å². The molecule has 4 aromatic rings. The highest BCUT2D eigenvalue weighted by Crippen LogP contribution is 2.48. The number of aryl methyl sites for hydroxylation is 1. The lowest BCUT2D eigenvalue weighted by Crippen LogP contribution is -2.58. The Morgan fingerprint density at radius 1 is 0.761 bits per heavy atom. The predicted octanol–water partition coefficient (Wildman–Crippen LogP) is 4.31. The van der Waals surface area contributed by atoms with E-state index < -0.39 is 37.1 Å². The van der Waals surface area contributed by atoms with Crippen LogP contribution in [0, 0.1) is 11.7 Å². The summed E-state index contributed by atoms with van der Waals surface area (Å²) in [7, 11) is 0. The molecule has 2 aliphatic rings. The largest absolute Gasteiger partial charge is 0.508 e. The van der Waals surface area contributed by atoms with Gasteiger partial charge in [0.2, 0.25) is 5.91 Å². The first kappa shape index (κ1) is 31.8. The molecular weight excluding hydrogens is 589 g/mol. The number of phenolic OH excluding ortho intramolecular Hbond substituents is 1. The average Bonchev–Trinajstić information content (AvgIpc) is 3.07. The molecule has 0 saturated carbocycles. The van der Waals surface area contributed by atoms with Crippen molar-refractivity contribution in [3.8, 4) is 16.9 Å². The number of benzene rings is 4. The van der Waals surface area contributed by atoms with Crippen molar-refractivity contribution >= 4 is 11.6 Å². The number of aliphatic hydroxyl groups is 4. The molecule has 0 aromatic heterocycles. The minimum Gasteiger partial charge on any atom is -0.508 e. The highest BCUT2D eigenvalue weighted by atomic mass is 19.1. The first-order valence-corrected chi connectivity index (χ1v) is 15.6. The van der Waals surface area contributed by atoms with Crippen molar-refractivity contribution in [2.24, 2.45) is 5.92 Å². The number of aromatic hydroxyl groups is 1. The number of carbonyl (C=O) groups is 1. The van der Waals surface area contributed by atoms with Gasteiger partial charge in [0.1, 0.15) is 36.0 Å². The minimum atomic E-state index is -1.42. The van der Waals surface area contributed by atoms with Crippen molar-refractivity contribution in [3.63, 3.8) is 0 Å². The van der Waals surface area contributed by atoms with Gasteiger partial charge >= 0.3 is 0 Å². The van der Waals surface area contributed by atoms with Crippen molar-refractivity contribution < 1.29 is 39.5 Å². The molecule has 1 amide bonds. The number of ether oxygens (including phenoxy) is 1. The number of carbonyl (C=O) groups excluding carboxylic acids is 1. The van der Waals surface area contributed by atoms with Gasteiger partial charge in [-0.15, -0.1) is 0 Å². The molecule has 8 nitrogen and oxygen atoms in total. The van der Waals surface area contributed by atoms with E-state index >= 15 is 0 Å². The summed E-state index contributed by atoms with van der Waals surface area (Å²) in [4.78, 5) is 15.2. The number of anilines is 1. The first-order valence-electron chi connectivity index (χ1n) is 15.6. The molecule has 4 aromatic carbocycles. The van der Waals surface area contributed by atoms with Crippen LogP contribution in [0.25, 0.3) is 11.1 Å². The molecule has 2 aliphatic heterocycles. The molecule has 0 aliphatic carbocycles. The Labute approximate surface area is 267 Å². The molecule has 9 heteroatoms. The van der Waals surface area contributed by atoms with Gasteiger partial charge in [0.25, 0.3) is 0 Å². The molecule has 0 unspecified atom stereocenters. The second-order valence-electron chi connectivity index (χ2n) is 12.2. The van der Waals surface area contributed by atoms with Crippen molar-refractivity contribution in [1.82, 2.24) is 0 Å². The molecule has 2 saturated heterocycles. The summed E-state index contributed by atoms with van der Waals surface area (Å²) >= 11 is 0. The fourth-order valence-corrected chi connectivity index (χ4v) is 6.63. The van der Waals surface area contributed by atoms with E-state index in [4.69, 9.17) is 4.74 Å². The molecule has 0 radical (unpaired) electrons. The van der Waals surface area contributed by atoms with E-state index in [1.807, 2.05) is 66.7 Å². The van der Waals surface area contributed by atoms with E-state index in [-0.39, 0.29) is 35.9 Å². The molecule has 46 heavy (non-hydrogen) atoms. The number of hydrogen-bond donors (Lipinski definition) is 5. The standard InChI is InChI=1S/C37H38FNO7/c38-26-16-11-22(12-17-26)5-4-8-29-33(39(37(29)45)27-6-2-1-3-7-27)28-18-15-25(20-30(28)41)24-13-9-23(10-14-24)19-31-34(42)36(44)35(43)32(21-40)46-31/h1-3,6-7,9-18,20,29,31-36,40-44H,4-5,8,19,21H2/t29-,31+,32-,33-,34+,35-,36-/m1/s1. The zero-order chi connectivity index (χ0) is 32.4. The molecule has 6 rings (SSSR count). The lowest BCUT2D eigenvalue weighted by atomic mass is 9.78. The van der Waals surface area contributed by atoms with Crippen LogP contribution < -0.4 is 4.90 Å². The maximum absolute atomic E-state index is 13.4. The lowest BCUT2D eigenvalue weighted by Gasteiger charge is -2.48. The van der Waals surface area contributed by atoms with Crippen LogP contribution >= 0.6 is 0 Å². The Morgan fingerprint density at radius 2 is 1.41 bits per heavy atom. The normalized spacial score (nSPS) is 26.2. The lowest BCUT2D eigenvalue weighted by molar-refractivity contribution is -0.228. The number of aliphatic hydroxyl groups excluding tert-OH is 4. The number of rotatable bonds is 10. The smallest absolute Gasteiger partial charge is 0.233 e. The summed E-state index contributed by atoms with van der Waals surface area (Å²) in [5, 5.41) is 51.3. The van der Waals surface area contributed by atoms with Gasteiger partial charge in [-0.3, -0.25) is 4.79 Å². The molecular formula is C37H38FNO7. The van der Waals surface area contributed by atoms with Crippen LogP contribution in [0.1, 0.15) is 35.6 Å². The van der Waals surface area contributed by atoms with Crippen LogP contribution in [0.15, 0.2) is 97.1 Å². The monoisotopic (exact) mass is 627 g/mol. The van der Waals surface area contributed by atoms with Crippen LogP contribution in [0.4, 0.5) is 10.1 Å². The third-order valence-electron chi connectivity index (χ3n) is 9.21. The summed E-state index contributed by atoms with van der Waals surface area (Å²) in [5.74, 6) is -0.489. The van der Waals surface area contributed by atoms with Gasteiger partial charge in [-0.25, -0.2) is 4.39 Å². The third-order valence-corrected chi connectivity index (χ3v) is 9.21. The number of nitrogens with zero attached hydrogens (tertiary/aromatic N) is 1. The maximum atomic E-state index is 13.4. The Bertz CT molecular complexity index is 1630. The highest BCUT2D eigenvalue weighted by molar-refractivity contribution is 6.03. The van der Waals surface area contributed by atoms with E-state index in [1.54, 1.807) is 23.1 Å². The number of halogens is 1. The number of phenols is 1. The van der Waals surface area contributed by atoms with Gasteiger partial charge < -0.3 is 35.2 Å². The van der Waals surface area contributed by atoms with E-state index in [0.29, 0.717) is 12.0 Å². The van der Waals surface area contributed by atoms with Crippen LogP contribution in [-0.2, 0) is 22.4 Å². The summed E-state index contributed by atoms with van der Waals surface area (Å²) in [6.07, 6.45) is -3.52. The van der Waals surface area contributed by atoms with Gasteiger partial charge in [0, 0.05) is 17.7 Å². The summed E-state index contributed by atoms with van der Waals surface area (Å²) < 4.78 is 19.0. The maximum Gasteiger partial charge on any atom is 0.233 e. The molecule has 2 fully saturated rings. The van der Waals surface area contributed by atoms with Crippen molar-refractivity contribution in [2.75, 3.05) is 11.5 Å². The topological polar surface area (TPSA) is 131 Å². The number of hydrogen-bond acceptors (Lipinski definition) is 7. The van der Waals surface area contributed by atoms with Gasteiger partial charge in [0.15, 0.2) is 0 Å². The van der Waals surface area contributed by atoms with E-state index in [2.05, 4.69) is 0 Å². The zero-order valence-corrected chi connectivity index (χ0v) is 25.2. The second kappa shape index (κ2) is 13.7. The minimum absolute atomic E-state index is 0.00812. The number of β-lactam (4-membered cyclic amide) rings is 1. The van der Waals surface area contributed by atoms with E-state index in [0.717, 1.165) is 40.8 Å². The third kappa shape index (κ3) is 6.42. The summed E-state index contributed by atoms with van der Waals surface area (Å²) in [6, 6.07) is 28.5. The van der Waals surface area contributed by atoms with Gasteiger partial charge in [0.05, 0.1) is 24.7 Å². The van der Waals surface area contributed by atoms with Gasteiger partial charge in [-0.05, 0) is 71.8 Å². The van der Waals surface area contributed by atoms with Crippen LogP contribution in [0.2, 0.25) is 0 Å². The van der Waals surface area contributed by atoms with Crippen LogP contribution in [-0.4, -0.2) is 68.6 Å². The Hall–Kier alpha value is -4.12. The summed E-state index contributed by atoms with van der Waals surface area (Å²) in [6.45, 7) is -0.477. The second-order valence-corrected chi connectivity index (χ2v) is 12.2.